The molecule has 0 spiro atoms. The van der Waals surface area contributed by atoms with Crippen molar-refractivity contribution in [2.24, 2.45) is 19.2 Å². The van der Waals surface area contributed by atoms with Crippen LogP contribution >= 0.6 is 11.6 Å². The van der Waals surface area contributed by atoms with Crippen molar-refractivity contribution in [3.8, 4) is 0 Å². The molecule has 0 aliphatic carbocycles. The van der Waals surface area contributed by atoms with E-state index in [1.807, 2.05) is 18.2 Å². The standard InChI is InChI=1S/C22H23ClN6O4S/c1-27-19-18(20(30)28(2)22(27)31)29(13-15-5-3-4-6-17(15)23)21(26-19)25-12-11-14-7-9-16(10-8-14)34(24,32)33/h3-10H,11-13H2,1-2H3,(H,25,26)(H2,24,32,33). The summed E-state index contributed by atoms with van der Waals surface area (Å²) in [5.74, 6) is 0.411. The molecule has 2 aromatic carbocycles. The molecular weight excluding hydrogens is 480 g/mol. The Morgan fingerprint density at radius 1 is 1.03 bits per heavy atom. The van der Waals surface area contributed by atoms with Gasteiger partial charge in [0.15, 0.2) is 11.2 Å². The van der Waals surface area contributed by atoms with E-state index in [1.165, 1.54) is 23.7 Å². The van der Waals surface area contributed by atoms with Crippen LogP contribution in [0.5, 0.6) is 0 Å². The van der Waals surface area contributed by atoms with E-state index in [4.69, 9.17) is 16.7 Å². The van der Waals surface area contributed by atoms with Gasteiger partial charge in [0.1, 0.15) is 0 Å². The second-order valence-corrected chi connectivity index (χ2v) is 9.83. The average Bonchev–Trinajstić information content (AvgIpc) is 3.16. The Kier molecular flexibility index (Phi) is 6.34. The maximum atomic E-state index is 13.0. The van der Waals surface area contributed by atoms with Gasteiger partial charge in [0.05, 0.1) is 11.4 Å². The van der Waals surface area contributed by atoms with Crippen LogP contribution in [0.3, 0.4) is 0 Å². The fraction of sp³-hybridized carbons (Fsp3) is 0.227. The third kappa shape index (κ3) is 4.49. The Hall–Kier alpha value is -3.41. The van der Waals surface area contributed by atoms with E-state index in [2.05, 4.69) is 10.3 Å². The summed E-state index contributed by atoms with van der Waals surface area (Å²) in [4.78, 5) is 30.0. The molecule has 0 fully saturated rings. The van der Waals surface area contributed by atoms with E-state index in [9.17, 15) is 18.0 Å². The fourth-order valence-electron chi connectivity index (χ4n) is 3.70. The summed E-state index contributed by atoms with van der Waals surface area (Å²) in [5, 5.41) is 8.92. The molecule has 0 saturated carbocycles. The van der Waals surface area contributed by atoms with Crippen molar-refractivity contribution >= 4 is 38.7 Å². The van der Waals surface area contributed by atoms with E-state index in [0.717, 1.165) is 15.7 Å². The summed E-state index contributed by atoms with van der Waals surface area (Å²) < 4.78 is 27.0. The Balaban J connectivity index is 1.69. The van der Waals surface area contributed by atoms with Crippen LogP contribution in [0.25, 0.3) is 11.2 Å². The molecule has 10 nitrogen and oxygen atoms in total. The van der Waals surface area contributed by atoms with Crippen molar-refractivity contribution < 1.29 is 8.42 Å². The van der Waals surface area contributed by atoms with Gasteiger partial charge in [-0.25, -0.2) is 18.4 Å². The Morgan fingerprint density at radius 3 is 2.35 bits per heavy atom. The number of aromatic nitrogens is 4. The number of nitrogens with one attached hydrogen (secondary N) is 1. The molecule has 0 amide bonds. The van der Waals surface area contributed by atoms with Gasteiger partial charge in [0, 0.05) is 25.7 Å². The Morgan fingerprint density at radius 2 is 1.71 bits per heavy atom. The fourth-order valence-corrected chi connectivity index (χ4v) is 4.41. The Labute approximate surface area is 200 Å². The van der Waals surface area contributed by atoms with E-state index < -0.39 is 21.3 Å². The molecule has 0 saturated heterocycles. The number of primary sulfonamides is 1. The second kappa shape index (κ2) is 9.09. The smallest absolute Gasteiger partial charge is 0.332 e. The van der Waals surface area contributed by atoms with Crippen LogP contribution in [0.15, 0.2) is 63.0 Å². The molecule has 178 valence electrons. The van der Waals surface area contributed by atoms with E-state index in [-0.39, 0.29) is 22.6 Å². The van der Waals surface area contributed by atoms with Gasteiger partial charge in [-0.1, -0.05) is 41.9 Å². The number of hydrogen-bond acceptors (Lipinski definition) is 6. The van der Waals surface area contributed by atoms with Gasteiger partial charge < -0.3 is 5.32 Å². The predicted molar refractivity (Wildman–Crippen MR) is 131 cm³/mol. The van der Waals surface area contributed by atoms with Gasteiger partial charge >= 0.3 is 5.69 Å². The molecular formula is C22H23ClN6O4S. The summed E-state index contributed by atoms with van der Waals surface area (Å²) >= 11 is 6.36. The zero-order valence-corrected chi connectivity index (χ0v) is 20.1. The minimum Gasteiger partial charge on any atom is -0.355 e. The lowest BCUT2D eigenvalue weighted by Gasteiger charge is -2.12. The molecule has 0 aliphatic heterocycles. The molecule has 4 aromatic rings. The molecule has 0 unspecified atom stereocenters. The zero-order chi connectivity index (χ0) is 24.6. The SMILES string of the molecule is Cn1c(=O)c2c(nc(NCCc3ccc(S(N)(=O)=O)cc3)n2Cc2ccccc2Cl)n(C)c1=O. The molecule has 0 bridgehead atoms. The van der Waals surface area contributed by atoms with Crippen molar-refractivity contribution in [1.82, 2.24) is 18.7 Å². The number of sulfonamides is 1. The Bertz CT molecular complexity index is 1600. The lowest BCUT2D eigenvalue weighted by molar-refractivity contribution is 0.598. The quantitative estimate of drug-likeness (QED) is 0.392. The minimum absolute atomic E-state index is 0.0440. The molecule has 34 heavy (non-hydrogen) atoms. The predicted octanol–water partition coefficient (Wildman–Crippen LogP) is 1.44. The maximum absolute atomic E-state index is 13.0. The van der Waals surface area contributed by atoms with Gasteiger partial charge in [0.25, 0.3) is 5.56 Å². The highest BCUT2D eigenvalue weighted by atomic mass is 35.5. The largest absolute Gasteiger partial charge is 0.355 e. The van der Waals surface area contributed by atoms with Gasteiger partial charge in [0.2, 0.25) is 16.0 Å². The van der Waals surface area contributed by atoms with Crippen molar-refractivity contribution in [2.75, 3.05) is 11.9 Å². The summed E-state index contributed by atoms with van der Waals surface area (Å²) in [7, 11) is -0.762. The van der Waals surface area contributed by atoms with Crippen molar-refractivity contribution in [1.29, 1.82) is 0 Å². The number of halogens is 1. The lowest BCUT2D eigenvalue weighted by atomic mass is 10.1. The summed E-state index contributed by atoms with van der Waals surface area (Å²) in [5.41, 5.74) is 1.30. The third-order valence-corrected chi connectivity index (χ3v) is 6.88. The first kappa shape index (κ1) is 23.7. The molecule has 0 radical (unpaired) electrons. The highest BCUT2D eigenvalue weighted by Gasteiger charge is 2.20. The van der Waals surface area contributed by atoms with Crippen molar-refractivity contribution in [3.05, 3.63) is 85.5 Å². The maximum Gasteiger partial charge on any atom is 0.332 e. The van der Waals surface area contributed by atoms with Gasteiger partial charge in [-0.15, -0.1) is 0 Å². The first-order valence-electron chi connectivity index (χ1n) is 10.3. The molecule has 3 N–H and O–H groups in total. The number of benzene rings is 2. The number of aryl methyl sites for hydroxylation is 1. The summed E-state index contributed by atoms with van der Waals surface area (Å²) in [6, 6.07) is 13.6. The number of nitrogens with zero attached hydrogens (tertiary/aromatic N) is 4. The lowest BCUT2D eigenvalue weighted by Crippen LogP contribution is -2.37. The zero-order valence-electron chi connectivity index (χ0n) is 18.5. The third-order valence-electron chi connectivity index (χ3n) is 5.58. The first-order chi connectivity index (χ1) is 16.1. The molecule has 0 aliphatic rings. The molecule has 12 heteroatoms. The molecule has 0 atom stereocenters. The highest BCUT2D eigenvalue weighted by molar-refractivity contribution is 7.89. The second-order valence-electron chi connectivity index (χ2n) is 7.86. The number of hydrogen-bond donors (Lipinski definition) is 2. The number of imidazole rings is 1. The molecule has 2 aromatic heterocycles. The number of fused-ring (bicyclic) bond motifs is 1. The normalized spacial score (nSPS) is 11.8. The highest BCUT2D eigenvalue weighted by Crippen LogP contribution is 2.22. The van der Waals surface area contributed by atoms with Gasteiger partial charge in [-0.2, -0.15) is 4.98 Å². The van der Waals surface area contributed by atoms with Crippen LogP contribution in [0.4, 0.5) is 5.95 Å². The van der Waals surface area contributed by atoms with Crippen LogP contribution in [-0.4, -0.2) is 33.6 Å². The van der Waals surface area contributed by atoms with Crippen molar-refractivity contribution in [2.45, 2.75) is 17.9 Å². The van der Waals surface area contributed by atoms with Gasteiger partial charge in [-0.05, 0) is 35.7 Å². The van der Waals surface area contributed by atoms with E-state index in [1.54, 1.807) is 29.8 Å². The van der Waals surface area contributed by atoms with Gasteiger partial charge in [-0.3, -0.25) is 18.5 Å². The van der Waals surface area contributed by atoms with E-state index in [0.29, 0.717) is 23.9 Å². The number of nitrogens with two attached hydrogens (primary N) is 1. The minimum atomic E-state index is -3.75. The topological polar surface area (TPSA) is 134 Å². The van der Waals surface area contributed by atoms with Crippen LogP contribution in [0.1, 0.15) is 11.1 Å². The summed E-state index contributed by atoms with van der Waals surface area (Å²) in [6.07, 6.45) is 0.553. The van der Waals surface area contributed by atoms with Crippen molar-refractivity contribution in [3.63, 3.8) is 0 Å². The number of rotatable bonds is 7. The molecule has 2 heterocycles. The average molecular weight is 503 g/mol. The van der Waals surface area contributed by atoms with E-state index >= 15 is 0 Å². The van der Waals surface area contributed by atoms with Crippen LogP contribution in [-0.2, 0) is 37.1 Å². The number of anilines is 1. The summed E-state index contributed by atoms with van der Waals surface area (Å²) in [6.45, 7) is 0.712. The van der Waals surface area contributed by atoms with Crippen LogP contribution in [0.2, 0.25) is 5.02 Å². The van der Waals surface area contributed by atoms with Crippen LogP contribution < -0.4 is 21.7 Å². The van der Waals surface area contributed by atoms with Crippen LogP contribution in [0, 0.1) is 0 Å². The first-order valence-corrected chi connectivity index (χ1v) is 12.3. The molecule has 4 rings (SSSR count). The monoisotopic (exact) mass is 502 g/mol.